The Morgan fingerprint density at radius 3 is 2.54 bits per heavy atom. The minimum Gasteiger partial charge on any atom is -0.396 e. The molecule has 0 amide bonds. The number of hydrogen-bond acceptors (Lipinski definition) is 6. The zero-order chi connectivity index (χ0) is 10.3. The van der Waals surface area contributed by atoms with Crippen LogP contribution in [-0.2, 0) is 19.1 Å². The molecule has 7 heteroatoms. The van der Waals surface area contributed by atoms with Crippen molar-refractivity contribution < 1.29 is 27.6 Å². The molecule has 13 heavy (non-hydrogen) atoms. The van der Waals surface area contributed by atoms with Crippen LogP contribution in [0.4, 0.5) is 0 Å². The van der Waals surface area contributed by atoms with E-state index in [-0.39, 0.29) is 19.5 Å². The molecule has 0 fully saturated rings. The Bertz CT molecular complexity index is 234. The van der Waals surface area contributed by atoms with Gasteiger partial charge in [0.15, 0.2) is 0 Å². The van der Waals surface area contributed by atoms with E-state index in [9.17, 15) is 13.2 Å². The smallest absolute Gasteiger partial charge is 0.314 e. The third-order valence-electron chi connectivity index (χ3n) is 1.28. The fourth-order valence-electron chi connectivity index (χ4n) is 0.745. The van der Waals surface area contributed by atoms with Gasteiger partial charge in [-0.2, -0.15) is 8.42 Å². The second-order valence-corrected chi connectivity index (χ2v) is 4.08. The summed E-state index contributed by atoms with van der Waals surface area (Å²) in [6.07, 6.45) is -0.660. The first-order chi connectivity index (χ1) is 6.02. The topological polar surface area (TPSA) is 101 Å². The molecular formula is C6H12O6S. The quantitative estimate of drug-likeness (QED) is 0.398. The van der Waals surface area contributed by atoms with Crippen molar-refractivity contribution >= 4 is 16.6 Å². The lowest BCUT2D eigenvalue weighted by Crippen LogP contribution is -2.22. The normalized spacial score (nSPS) is 13.7. The van der Waals surface area contributed by atoms with Gasteiger partial charge in [0.05, 0.1) is 6.10 Å². The summed E-state index contributed by atoms with van der Waals surface area (Å²) < 4.78 is 25.2. The molecule has 0 aromatic heterocycles. The molecule has 1 atom stereocenters. The van der Waals surface area contributed by atoms with Crippen LogP contribution < -0.4 is 0 Å². The Hall–Kier alpha value is -0.660. The highest BCUT2D eigenvalue weighted by Crippen LogP contribution is 2.01. The molecule has 1 unspecified atom stereocenters. The van der Waals surface area contributed by atoms with Crippen LogP contribution in [0.3, 0.4) is 0 Å². The first-order valence-electron chi connectivity index (χ1n) is 3.65. The standard InChI is InChI=1S/C6H12O6S/c7-3-1-2-6(9)4-13(10,11)12-5-8/h5-7,9H,1-4H2. The maximum absolute atomic E-state index is 10.7. The SMILES string of the molecule is O=COS(=O)(=O)CC(O)CCCO. The lowest BCUT2D eigenvalue weighted by molar-refractivity contribution is -0.120. The van der Waals surface area contributed by atoms with E-state index >= 15 is 0 Å². The van der Waals surface area contributed by atoms with E-state index in [2.05, 4.69) is 4.18 Å². The van der Waals surface area contributed by atoms with Crippen LogP contribution in [0.25, 0.3) is 0 Å². The average molecular weight is 212 g/mol. The van der Waals surface area contributed by atoms with Gasteiger partial charge in [0.1, 0.15) is 5.75 Å². The van der Waals surface area contributed by atoms with Crippen LogP contribution in [0.15, 0.2) is 0 Å². The predicted molar refractivity (Wildman–Crippen MR) is 43.3 cm³/mol. The molecule has 0 bridgehead atoms. The van der Waals surface area contributed by atoms with Crippen molar-refractivity contribution in [3.63, 3.8) is 0 Å². The Balaban J connectivity index is 3.89. The van der Waals surface area contributed by atoms with Gasteiger partial charge < -0.3 is 14.4 Å². The summed E-state index contributed by atoms with van der Waals surface area (Å²) in [5.41, 5.74) is 0. The zero-order valence-electron chi connectivity index (χ0n) is 6.92. The Morgan fingerprint density at radius 1 is 1.46 bits per heavy atom. The second kappa shape index (κ2) is 5.90. The van der Waals surface area contributed by atoms with Gasteiger partial charge in [-0.15, -0.1) is 0 Å². The molecular weight excluding hydrogens is 200 g/mol. The number of carbonyl (C=O) groups is 1. The molecule has 0 aliphatic carbocycles. The molecule has 0 spiro atoms. The lowest BCUT2D eigenvalue weighted by atomic mass is 10.2. The number of aliphatic hydroxyl groups excluding tert-OH is 2. The monoisotopic (exact) mass is 212 g/mol. The number of rotatable bonds is 7. The zero-order valence-corrected chi connectivity index (χ0v) is 7.74. The number of aliphatic hydroxyl groups is 2. The fourth-order valence-corrected chi connectivity index (χ4v) is 1.58. The minimum atomic E-state index is -3.96. The van der Waals surface area contributed by atoms with Crippen LogP contribution >= 0.6 is 0 Å². The number of hydrogen-bond donors (Lipinski definition) is 2. The summed E-state index contributed by atoms with van der Waals surface area (Å²) in [6.45, 7) is -0.320. The third kappa shape index (κ3) is 6.50. The van der Waals surface area contributed by atoms with E-state index in [4.69, 9.17) is 10.2 Å². The fraction of sp³-hybridized carbons (Fsp3) is 0.833. The Morgan fingerprint density at radius 2 is 2.08 bits per heavy atom. The molecule has 2 N–H and O–H groups in total. The second-order valence-electron chi connectivity index (χ2n) is 2.44. The minimum absolute atomic E-state index is 0.119. The van der Waals surface area contributed by atoms with E-state index < -0.39 is 22.0 Å². The Labute approximate surface area is 76.3 Å². The molecule has 0 aromatic rings. The van der Waals surface area contributed by atoms with Gasteiger partial charge in [0.2, 0.25) is 0 Å². The summed E-state index contributed by atoms with van der Waals surface area (Å²) in [7, 11) is -3.96. The maximum atomic E-state index is 10.7. The van der Waals surface area contributed by atoms with E-state index in [1.165, 1.54) is 0 Å². The maximum Gasteiger partial charge on any atom is 0.314 e. The Kier molecular flexibility index (Phi) is 5.60. The molecule has 6 nitrogen and oxygen atoms in total. The van der Waals surface area contributed by atoms with Gasteiger partial charge in [-0.05, 0) is 12.8 Å². The van der Waals surface area contributed by atoms with Crippen molar-refractivity contribution in [2.45, 2.75) is 18.9 Å². The van der Waals surface area contributed by atoms with Crippen molar-refractivity contribution in [2.24, 2.45) is 0 Å². The first-order valence-corrected chi connectivity index (χ1v) is 5.23. The lowest BCUT2D eigenvalue weighted by Gasteiger charge is -2.07. The largest absolute Gasteiger partial charge is 0.396 e. The van der Waals surface area contributed by atoms with E-state index in [1.54, 1.807) is 0 Å². The average Bonchev–Trinajstić information content (AvgIpc) is 1.99. The van der Waals surface area contributed by atoms with Crippen molar-refractivity contribution in [3.05, 3.63) is 0 Å². The van der Waals surface area contributed by atoms with Crippen LogP contribution in [0.2, 0.25) is 0 Å². The van der Waals surface area contributed by atoms with Gasteiger partial charge in [-0.25, -0.2) is 0 Å². The van der Waals surface area contributed by atoms with Crippen LogP contribution in [0.5, 0.6) is 0 Å². The van der Waals surface area contributed by atoms with Crippen molar-refractivity contribution in [2.75, 3.05) is 12.4 Å². The molecule has 0 saturated carbocycles. The van der Waals surface area contributed by atoms with E-state index in [0.717, 1.165) is 0 Å². The third-order valence-corrected chi connectivity index (χ3v) is 2.44. The van der Waals surface area contributed by atoms with Gasteiger partial charge >= 0.3 is 16.6 Å². The first kappa shape index (κ1) is 12.3. The predicted octanol–water partition coefficient (Wildman–Crippen LogP) is -1.38. The molecule has 0 saturated heterocycles. The molecule has 0 aliphatic heterocycles. The molecule has 0 heterocycles. The van der Waals surface area contributed by atoms with Gasteiger partial charge in [-0.1, -0.05) is 0 Å². The van der Waals surface area contributed by atoms with Crippen molar-refractivity contribution in [3.8, 4) is 0 Å². The van der Waals surface area contributed by atoms with Crippen LogP contribution in [0.1, 0.15) is 12.8 Å². The van der Waals surface area contributed by atoms with Crippen LogP contribution in [0, 0.1) is 0 Å². The summed E-state index contributed by atoms with van der Waals surface area (Å²) in [5, 5.41) is 17.4. The number of carbonyl (C=O) groups excluding carboxylic acids is 1. The van der Waals surface area contributed by atoms with Gasteiger partial charge in [-0.3, -0.25) is 4.79 Å². The summed E-state index contributed by atoms with van der Waals surface area (Å²) in [5.74, 6) is -0.633. The molecule has 78 valence electrons. The summed E-state index contributed by atoms with van der Waals surface area (Å²) >= 11 is 0. The molecule has 0 radical (unpaired) electrons. The van der Waals surface area contributed by atoms with Crippen LogP contribution in [-0.4, -0.2) is 43.6 Å². The summed E-state index contributed by atoms with van der Waals surface area (Å²) in [6, 6.07) is 0. The van der Waals surface area contributed by atoms with Gasteiger partial charge in [0, 0.05) is 6.61 Å². The molecule has 0 rings (SSSR count). The van der Waals surface area contributed by atoms with E-state index in [1.807, 2.05) is 0 Å². The van der Waals surface area contributed by atoms with Gasteiger partial charge in [0.25, 0.3) is 0 Å². The highest BCUT2D eigenvalue weighted by molar-refractivity contribution is 7.87. The van der Waals surface area contributed by atoms with E-state index in [0.29, 0.717) is 6.42 Å². The molecule has 0 aromatic carbocycles. The molecule has 0 aliphatic rings. The summed E-state index contributed by atoms with van der Waals surface area (Å²) in [4.78, 5) is 9.69. The van der Waals surface area contributed by atoms with Crippen molar-refractivity contribution in [1.29, 1.82) is 0 Å². The van der Waals surface area contributed by atoms with Crippen molar-refractivity contribution in [1.82, 2.24) is 0 Å². The highest BCUT2D eigenvalue weighted by Gasteiger charge is 2.17. The highest BCUT2D eigenvalue weighted by atomic mass is 32.2.